The largest absolute Gasteiger partial charge is 0.360 e. The normalized spacial score (nSPS) is 15.3. The molecular formula is C31H10N2S3. The van der Waals surface area contributed by atoms with Gasteiger partial charge in [-0.05, 0) is 38.7 Å². The van der Waals surface area contributed by atoms with E-state index in [-0.39, 0.29) is 0 Å². The summed E-state index contributed by atoms with van der Waals surface area (Å²) < 4.78 is 4.38. The highest BCUT2D eigenvalue weighted by atomic mass is 32.1. The van der Waals surface area contributed by atoms with Crippen LogP contribution in [0.25, 0.3) is 123 Å². The average molecular weight is 507 g/mol. The highest BCUT2D eigenvalue weighted by Crippen LogP contribution is 2.60. The van der Waals surface area contributed by atoms with Crippen LogP contribution >= 0.6 is 34.0 Å². The van der Waals surface area contributed by atoms with Crippen molar-refractivity contribution in [2.45, 2.75) is 6.42 Å². The topological polar surface area (TPSA) is 31.6 Å². The minimum Gasteiger partial charge on any atom is -0.360 e. The van der Waals surface area contributed by atoms with Crippen LogP contribution in [0.1, 0.15) is 5.56 Å². The van der Waals surface area contributed by atoms with E-state index < -0.39 is 0 Å². The molecular weight excluding hydrogens is 497 g/mol. The number of fused-ring (bicyclic) bond motifs is 6. The van der Waals surface area contributed by atoms with Gasteiger partial charge in [-0.15, -0.1) is 34.0 Å². The third-order valence-corrected chi connectivity index (χ3v) is 12.9. The van der Waals surface area contributed by atoms with Gasteiger partial charge in [-0.2, -0.15) is 0 Å². The zero-order valence-corrected chi connectivity index (χ0v) is 20.8. The zero-order valence-electron chi connectivity index (χ0n) is 18.4. The minimum atomic E-state index is 1.05. The van der Waals surface area contributed by atoms with Crippen LogP contribution in [-0.2, 0) is 6.42 Å². The number of rotatable bonds is 0. The number of nitrogens with one attached hydrogen (secondary N) is 2. The van der Waals surface area contributed by atoms with Crippen LogP contribution in [0, 0.1) is 0 Å². The molecule has 5 heteroatoms. The van der Waals surface area contributed by atoms with Crippen LogP contribution in [0.3, 0.4) is 0 Å². The molecule has 5 aromatic heterocycles. The molecule has 162 valence electrons. The first-order valence-electron chi connectivity index (χ1n) is 12.4. The lowest BCUT2D eigenvalue weighted by molar-refractivity contribution is 1.46. The van der Waals surface area contributed by atoms with Crippen molar-refractivity contribution in [3.63, 3.8) is 0 Å². The monoisotopic (exact) mass is 506 g/mol. The van der Waals surface area contributed by atoms with E-state index in [1.165, 1.54) is 111 Å². The molecule has 5 heterocycles. The van der Waals surface area contributed by atoms with Gasteiger partial charge in [-0.1, -0.05) is 6.08 Å². The zero-order chi connectivity index (χ0) is 22.3. The van der Waals surface area contributed by atoms with Gasteiger partial charge in [0.2, 0.25) is 0 Å². The Labute approximate surface area is 211 Å². The molecule has 12 aromatic rings. The molecule has 0 spiro atoms. The van der Waals surface area contributed by atoms with Crippen molar-refractivity contribution in [3.8, 4) is 0 Å². The second-order valence-electron chi connectivity index (χ2n) is 10.9. The summed E-state index contributed by atoms with van der Waals surface area (Å²) in [5.74, 6) is 0. The highest BCUT2D eigenvalue weighted by molar-refractivity contribution is 7.20. The van der Waals surface area contributed by atoms with Crippen molar-refractivity contribution in [2.75, 3.05) is 0 Å². The van der Waals surface area contributed by atoms with Gasteiger partial charge in [0.05, 0.1) is 11.0 Å². The SMILES string of the molecule is C1=c2c3scc4c5[nH]cc6c7scc8c9[nH]cc%10c%11scc%12c(c2c2c(c34)c(c65)c(c87)c(c%109)c2c%12%11)C1. The lowest BCUT2D eigenvalue weighted by Crippen LogP contribution is -2.03. The predicted octanol–water partition coefficient (Wildman–Crippen LogP) is 9.46. The summed E-state index contributed by atoms with van der Waals surface area (Å²) in [5, 5.41) is 33.9. The summed E-state index contributed by atoms with van der Waals surface area (Å²) in [4.78, 5) is 7.53. The summed E-state index contributed by atoms with van der Waals surface area (Å²) in [6, 6.07) is 0. The fourth-order valence-corrected chi connectivity index (χ4v) is 12.0. The van der Waals surface area contributed by atoms with E-state index in [0.29, 0.717) is 0 Å². The molecule has 13 rings (SSSR count). The third-order valence-electron chi connectivity index (χ3n) is 9.81. The Bertz CT molecular complexity index is 2920. The van der Waals surface area contributed by atoms with Gasteiger partial charge in [0, 0.05) is 113 Å². The maximum absolute atomic E-state index is 3.76. The number of benzene rings is 7. The molecule has 36 heavy (non-hydrogen) atoms. The first-order valence-corrected chi connectivity index (χ1v) is 15.0. The molecule has 1 aliphatic rings. The molecule has 2 nitrogen and oxygen atoms in total. The van der Waals surface area contributed by atoms with E-state index >= 15 is 0 Å². The van der Waals surface area contributed by atoms with Crippen LogP contribution in [-0.4, -0.2) is 9.97 Å². The van der Waals surface area contributed by atoms with Gasteiger partial charge in [0.15, 0.2) is 0 Å². The molecule has 0 bridgehead atoms. The Kier molecular flexibility index (Phi) is 2.01. The molecule has 1 aliphatic carbocycles. The van der Waals surface area contributed by atoms with Crippen LogP contribution in [0.5, 0.6) is 0 Å². The Morgan fingerprint density at radius 3 is 1.64 bits per heavy atom. The second kappa shape index (κ2) is 4.48. The standard InChI is InChI=1S/C31H10N2S3/c1-2-9-15-8(1)12-5-34-30-10-3-32-28-14-7-36-31-11-4-33-27-13-6-35-29(9)19(13)25-21(15)24(18(12)30)22(16(10)28)26(20(14)31)23(25)17(11)27/h2-7,32-33H,1H2. The Morgan fingerprint density at radius 2 is 0.972 bits per heavy atom. The fraction of sp³-hybridized carbons (Fsp3) is 0.0323. The lowest BCUT2D eigenvalue weighted by atomic mass is 9.79. The number of hydrogen-bond donors (Lipinski definition) is 2. The van der Waals surface area contributed by atoms with Gasteiger partial charge in [-0.25, -0.2) is 0 Å². The van der Waals surface area contributed by atoms with Crippen molar-refractivity contribution in [1.29, 1.82) is 0 Å². The van der Waals surface area contributed by atoms with E-state index in [0.717, 1.165) is 6.42 Å². The third kappa shape index (κ3) is 1.22. The van der Waals surface area contributed by atoms with Gasteiger partial charge in [0.1, 0.15) is 0 Å². The molecule has 0 radical (unpaired) electrons. The number of hydrogen-bond acceptors (Lipinski definition) is 3. The summed E-state index contributed by atoms with van der Waals surface area (Å²) in [7, 11) is 0. The van der Waals surface area contributed by atoms with E-state index in [1.807, 2.05) is 34.0 Å². The molecule has 0 fully saturated rings. The van der Waals surface area contributed by atoms with Crippen LogP contribution in [0.4, 0.5) is 0 Å². The maximum Gasteiger partial charge on any atom is 0.0555 e. The van der Waals surface area contributed by atoms with Crippen LogP contribution < -0.4 is 5.22 Å². The molecule has 0 amide bonds. The maximum atomic E-state index is 3.76. The van der Waals surface area contributed by atoms with Crippen molar-refractivity contribution >= 4 is 157 Å². The summed E-state index contributed by atoms with van der Waals surface area (Å²) in [5.41, 5.74) is 4.21. The molecule has 7 aromatic carbocycles. The second-order valence-corrected chi connectivity index (χ2v) is 13.5. The number of H-pyrrole nitrogens is 2. The summed E-state index contributed by atoms with van der Waals surface area (Å²) >= 11 is 5.82. The number of aromatic amines is 2. The van der Waals surface area contributed by atoms with Crippen LogP contribution in [0.2, 0.25) is 0 Å². The highest BCUT2D eigenvalue weighted by Gasteiger charge is 2.33. The van der Waals surface area contributed by atoms with E-state index in [9.17, 15) is 0 Å². The molecule has 0 aliphatic heterocycles. The first-order chi connectivity index (χ1) is 17.9. The molecule has 0 saturated heterocycles. The van der Waals surface area contributed by atoms with Crippen molar-refractivity contribution in [3.05, 3.63) is 39.3 Å². The number of thiophene rings is 3. The average Bonchev–Trinajstić information content (AvgIpc) is 3.70. The summed E-state index contributed by atoms with van der Waals surface area (Å²) in [6.45, 7) is 0. The van der Waals surface area contributed by atoms with Crippen LogP contribution in [0.15, 0.2) is 28.5 Å². The summed E-state index contributed by atoms with van der Waals surface area (Å²) in [6.07, 6.45) is 8.15. The predicted molar refractivity (Wildman–Crippen MR) is 161 cm³/mol. The van der Waals surface area contributed by atoms with Gasteiger partial charge in [-0.3, -0.25) is 0 Å². The Balaban J connectivity index is 1.68. The number of aromatic nitrogens is 2. The van der Waals surface area contributed by atoms with Crippen molar-refractivity contribution in [2.24, 2.45) is 0 Å². The Morgan fingerprint density at radius 1 is 0.472 bits per heavy atom. The molecule has 0 saturated carbocycles. The van der Waals surface area contributed by atoms with Gasteiger partial charge >= 0.3 is 0 Å². The smallest absolute Gasteiger partial charge is 0.0555 e. The van der Waals surface area contributed by atoms with Gasteiger partial charge < -0.3 is 9.97 Å². The van der Waals surface area contributed by atoms with E-state index in [1.54, 1.807) is 16.3 Å². The minimum absolute atomic E-state index is 1.05. The molecule has 0 atom stereocenters. The van der Waals surface area contributed by atoms with Crippen molar-refractivity contribution in [1.82, 2.24) is 9.97 Å². The molecule has 2 N–H and O–H groups in total. The van der Waals surface area contributed by atoms with Crippen molar-refractivity contribution < 1.29 is 0 Å². The van der Waals surface area contributed by atoms with E-state index in [2.05, 4.69) is 44.6 Å². The lowest BCUT2D eigenvalue weighted by Gasteiger charge is -2.22. The fourth-order valence-electron chi connectivity index (χ4n) is 8.71. The molecule has 0 unspecified atom stereocenters. The Hall–Kier alpha value is -3.64. The first kappa shape index (κ1) is 16.2. The quantitative estimate of drug-likeness (QED) is 0.152. The van der Waals surface area contributed by atoms with E-state index in [4.69, 9.17) is 0 Å². The van der Waals surface area contributed by atoms with Gasteiger partial charge in [0.25, 0.3) is 0 Å².